The zero-order valence-electron chi connectivity index (χ0n) is 25.3. The van der Waals surface area contributed by atoms with Crippen LogP contribution in [0.5, 0.6) is 0 Å². The number of aliphatic hydroxyl groups excluding tert-OH is 2. The zero-order valence-corrected chi connectivity index (χ0v) is 25.3. The number of aldehydes is 1. The summed E-state index contributed by atoms with van der Waals surface area (Å²) >= 11 is 0. The number of likely N-dealkylation sites (N-methyl/N-ethyl adjacent to an activating group) is 1. The van der Waals surface area contributed by atoms with Crippen molar-refractivity contribution in [3.05, 3.63) is 0 Å². The minimum atomic E-state index is -1.40. The Morgan fingerprint density at radius 1 is 1.08 bits per heavy atom. The quantitative estimate of drug-likeness (QED) is 0.197. The number of nitrogens with zero attached hydrogens (tertiary/aromatic N) is 2. The number of ether oxygens (including phenoxy) is 3. The number of carbonyl (C=O) groups excluding carboxylic acids is 1. The number of carbonyl (C=O) groups is 1. The van der Waals surface area contributed by atoms with Gasteiger partial charge >= 0.3 is 0 Å². The molecule has 0 amide bonds. The van der Waals surface area contributed by atoms with Gasteiger partial charge in [0.25, 0.3) is 0 Å². The van der Waals surface area contributed by atoms with Crippen molar-refractivity contribution in [2.24, 2.45) is 11.8 Å². The molecule has 0 saturated carbocycles. The van der Waals surface area contributed by atoms with E-state index in [2.05, 4.69) is 4.90 Å². The number of hydrogen-bond donors (Lipinski definition) is 4. The molecular weight excluding hydrogens is 492 g/mol. The van der Waals surface area contributed by atoms with Gasteiger partial charge in [-0.15, -0.1) is 0 Å². The van der Waals surface area contributed by atoms with Crippen LogP contribution in [0.4, 0.5) is 0 Å². The summed E-state index contributed by atoms with van der Waals surface area (Å²) in [5.41, 5.74) is -2.73. The van der Waals surface area contributed by atoms with Gasteiger partial charge in [0.15, 0.2) is 6.29 Å². The molecule has 0 spiro atoms. The van der Waals surface area contributed by atoms with Crippen molar-refractivity contribution < 1.29 is 39.4 Å². The first kappa shape index (κ1) is 35.3. The lowest BCUT2D eigenvalue weighted by Crippen LogP contribution is -2.55. The lowest BCUT2D eigenvalue weighted by Gasteiger charge is -2.43. The molecule has 4 N–H and O–H groups in total. The van der Waals surface area contributed by atoms with Gasteiger partial charge in [0.1, 0.15) is 11.9 Å². The van der Waals surface area contributed by atoms with E-state index in [1.807, 2.05) is 46.8 Å². The van der Waals surface area contributed by atoms with Crippen molar-refractivity contribution in [2.45, 2.75) is 121 Å². The molecule has 1 heterocycles. The van der Waals surface area contributed by atoms with Gasteiger partial charge < -0.3 is 49.2 Å². The number of hydrogen-bond acceptors (Lipinski definition) is 10. The molecule has 0 aromatic rings. The Balaban J connectivity index is 2.99. The van der Waals surface area contributed by atoms with Gasteiger partial charge in [-0.1, -0.05) is 13.8 Å². The maximum absolute atomic E-state index is 11.7. The Morgan fingerprint density at radius 2 is 1.68 bits per heavy atom. The van der Waals surface area contributed by atoms with Crippen molar-refractivity contribution in [3.8, 4) is 0 Å². The van der Waals surface area contributed by atoms with Gasteiger partial charge in [-0.3, -0.25) is 0 Å². The third kappa shape index (κ3) is 10.7. The fourth-order valence-corrected chi connectivity index (χ4v) is 5.44. The highest BCUT2D eigenvalue weighted by atomic mass is 16.7. The summed E-state index contributed by atoms with van der Waals surface area (Å²) in [5, 5.41) is 43.6. The summed E-state index contributed by atoms with van der Waals surface area (Å²) in [6.07, 6.45) is -0.666. The Morgan fingerprint density at radius 3 is 2.21 bits per heavy atom. The molecule has 10 heteroatoms. The van der Waals surface area contributed by atoms with Crippen LogP contribution in [0.3, 0.4) is 0 Å². The monoisotopic (exact) mass is 548 g/mol. The third-order valence-corrected chi connectivity index (χ3v) is 8.06. The van der Waals surface area contributed by atoms with Crippen molar-refractivity contribution in [3.63, 3.8) is 0 Å². The molecule has 0 bridgehead atoms. The van der Waals surface area contributed by atoms with Crippen LogP contribution in [0.1, 0.15) is 67.2 Å². The second kappa shape index (κ2) is 15.3. The average molecular weight is 549 g/mol. The predicted molar refractivity (Wildman–Crippen MR) is 147 cm³/mol. The lowest BCUT2D eigenvalue weighted by atomic mass is 9.83. The standard InChI is InChI=1S/C28H56N2O8/c1-18(15-30(9)21(4)26(33)28(6,35)17-36-10)14-27(5,34)24(13-23(32)19(2)16-31)38-25-12-22(29(7)8)11-20(3)37-25/h16,18-26,32-35H,11-15,17H2,1-10H3/t18-,19?,20?,21?,22?,23+,24-,25?,26?,27?,28?/m1/s1. The number of methoxy groups -OCH3 is 1. The Bertz CT molecular complexity index is 692. The van der Waals surface area contributed by atoms with Gasteiger partial charge in [-0.25, -0.2) is 0 Å². The van der Waals surface area contributed by atoms with E-state index in [-0.39, 0.29) is 37.1 Å². The van der Waals surface area contributed by atoms with E-state index in [9.17, 15) is 25.2 Å². The predicted octanol–water partition coefficient (Wildman–Crippen LogP) is 1.27. The van der Waals surface area contributed by atoms with E-state index in [4.69, 9.17) is 14.2 Å². The summed E-state index contributed by atoms with van der Waals surface area (Å²) in [4.78, 5) is 15.4. The van der Waals surface area contributed by atoms with Crippen LogP contribution in [0, 0.1) is 11.8 Å². The minimum Gasteiger partial charge on any atom is -0.392 e. The zero-order chi connectivity index (χ0) is 29.4. The number of aliphatic hydroxyl groups is 4. The van der Waals surface area contributed by atoms with Crippen LogP contribution in [-0.4, -0.2) is 132 Å². The topological polar surface area (TPSA) is 132 Å². The molecular formula is C28H56N2O8. The fraction of sp³-hybridized carbons (Fsp3) is 0.964. The lowest BCUT2D eigenvalue weighted by molar-refractivity contribution is -0.256. The second-order valence-corrected chi connectivity index (χ2v) is 12.5. The molecule has 38 heavy (non-hydrogen) atoms. The summed E-state index contributed by atoms with van der Waals surface area (Å²) in [6.45, 7) is 11.3. The van der Waals surface area contributed by atoms with E-state index in [0.717, 1.165) is 6.42 Å². The normalized spacial score (nSPS) is 28.7. The van der Waals surface area contributed by atoms with Crippen LogP contribution < -0.4 is 0 Å². The molecule has 0 aromatic heterocycles. The van der Waals surface area contributed by atoms with Crippen LogP contribution in [0.15, 0.2) is 0 Å². The van der Waals surface area contributed by atoms with E-state index in [1.54, 1.807) is 20.8 Å². The average Bonchev–Trinajstić information content (AvgIpc) is 2.80. The van der Waals surface area contributed by atoms with E-state index in [0.29, 0.717) is 25.7 Å². The largest absolute Gasteiger partial charge is 0.392 e. The van der Waals surface area contributed by atoms with Crippen molar-refractivity contribution in [2.75, 3.05) is 41.4 Å². The highest BCUT2D eigenvalue weighted by Gasteiger charge is 2.41. The molecule has 1 aliphatic heterocycles. The van der Waals surface area contributed by atoms with Crippen molar-refractivity contribution in [1.82, 2.24) is 9.80 Å². The SMILES string of the molecule is COCC(C)(O)C(O)C(C)N(C)C[C@H](C)CC(C)(O)[C@@H](C[C@H](O)C(C)C=O)OC1CC(N(C)C)CC(C)O1. The molecule has 0 aliphatic carbocycles. The molecule has 1 aliphatic rings. The second-order valence-electron chi connectivity index (χ2n) is 12.5. The molecule has 1 rings (SSSR count). The smallest absolute Gasteiger partial charge is 0.159 e. The molecule has 1 saturated heterocycles. The van der Waals surface area contributed by atoms with Crippen LogP contribution in [0.2, 0.25) is 0 Å². The van der Waals surface area contributed by atoms with Gasteiger partial charge in [0, 0.05) is 44.5 Å². The molecule has 1 fully saturated rings. The van der Waals surface area contributed by atoms with Gasteiger partial charge in [0.05, 0.1) is 36.6 Å². The van der Waals surface area contributed by atoms with E-state index in [1.165, 1.54) is 7.11 Å². The van der Waals surface area contributed by atoms with Gasteiger partial charge in [-0.05, 0) is 67.6 Å². The van der Waals surface area contributed by atoms with Crippen LogP contribution in [0.25, 0.3) is 0 Å². The summed E-state index contributed by atoms with van der Waals surface area (Å²) in [7, 11) is 7.39. The van der Waals surface area contributed by atoms with E-state index < -0.39 is 41.7 Å². The van der Waals surface area contributed by atoms with Crippen LogP contribution >= 0.6 is 0 Å². The molecule has 0 radical (unpaired) electrons. The first-order valence-corrected chi connectivity index (χ1v) is 13.9. The Labute approximate surface area is 230 Å². The van der Waals surface area contributed by atoms with Gasteiger partial charge in [-0.2, -0.15) is 0 Å². The fourth-order valence-electron chi connectivity index (χ4n) is 5.44. The third-order valence-electron chi connectivity index (χ3n) is 8.06. The summed E-state index contributed by atoms with van der Waals surface area (Å²) in [5.74, 6) is -0.618. The maximum atomic E-state index is 11.7. The molecule has 8 unspecified atom stereocenters. The Kier molecular flexibility index (Phi) is 14.3. The number of rotatable bonds is 17. The maximum Gasteiger partial charge on any atom is 0.159 e. The molecule has 10 nitrogen and oxygen atoms in total. The highest BCUT2D eigenvalue weighted by molar-refractivity contribution is 5.53. The minimum absolute atomic E-state index is 0.00764. The van der Waals surface area contributed by atoms with E-state index >= 15 is 0 Å². The van der Waals surface area contributed by atoms with Gasteiger partial charge in [0.2, 0.25) is 0 Å². The van der Waals surface area contributed by atoms with Crippen molar-refractivity contribution in [1.29, 1.82) is 0 Å². The molecule has 0 aromatic carbocycles. The highest BCUT2D eigenvalue weighted by Crippen LogP contribution is 2.32. The molecule has 11 atom stereocenters. The van der Waals surface area contributed by atoms with Crippen LogP contribution in [-0.2, 0) is 19.0 Å². The van der Waals surface area contributed by atoms with Crippen molar-refractivity contribution >= 4 is 6.29 Å². The first-order valence-electron chi connectivity index (χ1n) is 13.9. The first-order chi connectivity index (χ1) is 17.4. The summed E-state index contributed by atoms with van der Waals surface area (Å²) in [6, 6.07) is -0.0982. The molecule has 226 valence electrons. The Hall–Kier alpha value is -0.690. The summed E-state index contributed by atoms with van der Waals surface area (Å²) < 4.78 is 17.5.